The standard InChI is InChI=1S/C26H32N4OS/c1-17(2)23-27-24(22-20-11-5-4-6-12-21(20)32-25(22)28-23)29-13-15-30(16-14-29)26(31)19-10-8-7-9-18(19)3/h7-10,17H,4-6,11-16H2,1-3H3. The summed E-state index contributed by atoms with van der Waals surface area (Å²) < 4.78 is 0. The van der Waals surface area contributed by atoms with Crippen molar-refractivity contribution in [3.63, 3.8) is 0 Å². The summed E-state index contributed by atoms with van der Waals surface area (Å²) in [5.41, 5.74) is 3.35. The van der Waals surface area contributed by atoms with Gasteiger partial charge in [-0.1, -0.05) is 38.5 Å². The zero-order valence-corrected chi connectivity index (χ0v) is 20.2. The Morgan fingerprint density at radius 3 is 2.50 bits per heavy atom. The van der Waals surface area contributed by atoms with Crippen LogP contribution in [0.15, 0.2) is 24.3 Å². The van der Waals surface area contributed by atoms with E-state index < -0.39 is 0 Å². The van der Waals surface area contributed by atoms with Crippen molar-refractivity contribution in [2.75, 3.05) is 31.1 Å². The van der Waals surface area contributed by atoms with Crippen LogP contribution >= 0.6 is 11.3 Å². The predicted molar refractivity (Wildman–Crippen MR) is 132 cm³/mol. The van der Waals surface area contributed by atoms with Gasteiger partial charge in [-0.3, -0.25) is 4.79 Å². The molecule has 1 aromatic carbocycles. The Bertz CT molecular complexity index is 1140. The van der Waals surface area contributed by atoms with Gasteiger partial charge in [-0.05, 0) is 49.8 Å². The number of nitrogens with zero attached hydrogens (tertiary/aromatic N) is 4. The number of hydrogen-bond acceptors (Lipinski definition) is 5. The fraction of sp³-hybridized carbons (Fsp3) is 0.500. The van der Waals surface area contributed by atoms with Crippen LogP contribution in [0.25, 0.3) is 10.2 Å². The molecule has 168 valence electrons. The second-order valence-electron chi connectivity index (χ2n) is 9.40. The molecular weight excluding hydrogens is 416 g/mol. The van der Waals surface area contributed by atoms with E-state index in [0.29, 0.717) is 5.92 Å². The van der Waals surface area contributed by atoms with Gasteiger partial charge in [0.2, 0.25) is 0 Å². The Hall–Kier alpha value is -2.47. The number of aryl methyl sites for hydroxylation is 3. The molecule has 1 aliphatic carbocycles. The summed E-state index contributed by atoms with van der Waals surface area (Å²) in [4.78, 5) is 30.2. The molecule has 0 N–H and O–H groups in total. The molecule has 0 radical (unpaired) electrons. The van der Waals surface area contributed by atoms with E-state index in [9.17, 15) is 4.79 Å². The lowest BCUT2D eigenvalue weighted by Gasteiger charge is -2.36. The highest BCUT2D eigenvalue weighted by molar-refractivity contribution is 7.19. The average Bonchev–Trinajstić information content (AvgIpc) is 2.99. The van der Waals surface area contributed by atoms with Gasteiger partial charge in [0.05, 0.1) is 5.39 Å². The van der Waals surface area contributed by atoms with Gasteiger partial charge in [-0.25, -0.2) is 9.97 Å². The second kappa shape index (κ2) is 8.81. The molecule has 0 atom stereocenters. The summed E-state index contributed by atoms with van der Waals surface area (Å²) in [6.07, 6.45) is 6.15. The zero-order chi connectivity index (χ0) is 22.2. The van der Waals surface area contributed by atoms with E-state index in [-0.39, 0.29) is 5.91 Å². The van der Waals surface area contributed by atoms with Crippen molar-refractivity contribution in [3.8, 4) is 0 Å². The SMILES string of the molecule is Cc1ccccc1C(=O)N1CCN(c2nc(C(C)C)nc3sc4c(c23)CCCCC4)CC1. The van der Waals surface area contributed by atoms with E-state index in [2.05, 4.69) is 18.7 Å². The molecule has 32 heavy (non-hydrogen) atoms. The van der Waals surface area contributed by atoms with Crippen molar-refractivity contribution >= 4 is 33.3 Å². The number of fused-ring (bicyclic) bond motifs is 3. The molecule has 5 rings (SSSR count). The van der Waals surface area contributed by atoms with Crippen molar-refractivity contribution in [1.82, 2.24) is 14.9 Å². The van der Waals surface area contributed by atoms with Crippen LogP contribution in [0, 0.1) is 6.92 Å². The number of thiophene rings is 1. The first-order valence-electron chi connectivity index (χ1n) is 11.9. The van der Waals surface area contributed by atoms with E-state index in [1.807, 2.05) is 47.4 Å². The fourth-order valence-electron chi connectivity index (χ4n) is 4.92. The lowest BCUT2D eigenvalue weighted by molar-refractivity contribution is 0.0746. The fourth-order valence-corrected chi connectivity index (χ4v) is 6.19. The van der Waals surface area contributed by atoms with E-state index in [1.54, 1.807) is 0 Å². The maximum absolute atomic E-state index is 13.1. The minimum absolute atomic E-state index is 0.142. The maximum Gasteiger partial charge on any atom is 0.254 e. The topological polar surface area (TPSA) is 49.3 Å². The first-order chi connectivity index (χ1) is 15.5. The van der Waals surface area contributed by atoms with Crippen LogP contribution in [-0.4, -0.2) is 47.0 Å². The number of hydrogen-bond donors (Lipinski definition) is 0. The van der Waals surface area contributed by atoms with Gasteiger partial charge in [-0.2, -0.15) is 0 Å². The number of benzene rings is 1. The molecule has 0 spiro atoms. The molecule has 1 aliphatic heterocycles. The molecule has 0 bridgehead atoms. The van der Waals surface area contributed by atoms with Crippen LogP contribution in [0.5, 0.6) is 0 Å². The molecule has 1 amide bonds. The molecule has 1 fully saturated rings. The smallest absolute Gasteiger partial charge is 0.254 e. The summed E-state index contributed by atoms with van der Waals surface area (Å²) in [5, 5.41) is 1.29. The lowest BCUT2D eigenvalue weighted by Crippen LogP contribution is -2.49. The van der Waals surface area contributed by atoms with Gasteiger partial charge in [0.25, 0.3) is 5.91 Å². The number of carbonyl (C=O) groups excluding carboxylic acids is 1. The van der Waals surface area contributed by atoms with Crippen molar-refractivity contribution < 1.29 is 4.79 Å². The quantitative estimate of drug-likeness (QED) is 0.507. The molecule has 0 unspecified atom stereocenters. The maximum atomic E-state index is 13.1. The number of rotatable bonds is 3. The predicted octanol–water partition coefficient (Wildman–Crippen LogP) is 5.35. The summed E-state index contributed by atoms with van der Waals surface area (Å²) in [6.45, 7) is 9.42. The van der Waals surface area contributed by atoms with Crippen LogP contribution in [0.2, 0.25) is 0 Å². The highest BCUT2D eigenvalue weighted by Gasteiger charge is 2.28. The number of carbonyl (C=O) groups is 1. The van der Waals surface area contributed by atoms with Gasteiger partial charge in [-0.15, -0.1) is 11.3 Å². The summed E-state index contributed by atoms with van der Waals surface area (Å²) >= 11 is 1.88. The van der Waals surface area contributed by atoms with Crippen LogP contribution < -0.4 is 4.90 Å². The lowest BCUT2D eigenvalue weighted by atomic mass is 10.1. The van der Waals surface area contributed by atoms with Gasteiger partial charge in [0.1, 0.15) is 16.5 Å². The van der Waals surface area contributed by atoms with Crippen molar-refractivity contribution in [2.24, 2.45) is 0 Å². The average molecular weight is 449 g/mol. The highest BCUT2D eigenvalue weighted by atomic mass is 32.1. The second-order valence-corrected chi connectivity index (χ2v) is 10.5. The minimum Gasteiger partial charge on any atom is -0.352 e. The summed E-state index contributed by atoms with van der Waals surface area (Å²) in [6, 6.07) is 7.88. The third kappa shape index (κ3) is 3.90. The molecule has 2 aromatic heterocycles. The highest BCUT2D eigenvalue weighted by Crippen LogP contribution is 2.40. The molecule has 3 aromatic rings. The Morgan fingerprint density at radius 1 is 1.00 bits per heavy atom. The largest absolute Gasteiger partial charge is 0.352 e. The monoisotopic (exact) mass is 448 g/mol. The van der Waals surface area contributed by atoms with E-state index in [0.717, 1.165) is 60.2 Å². The van der Waals surface area contributed by atoms with Crippen LogP contribution in [0.4, 0.5) is 5.82 Å². The van der Waals surface area contributed by atoms with Gasteiger partial charge < -0.3 is 9.80 Å². The third-order valence-electron chi connectivity index (χ3n) is 6.82. The van der Waals surface area contributed by atoms with Gasteiger partial charge in [0.15, 0.2) is 0 Å². The zero-order valence-electron chi connectivity index (χ0n) is 19.4. The molecule has 3 heterocycles. The number of amides is 1. The number of piperazine rings is 1. The molecular formula is C26H32N4OS. The van der Waals surface area contributed by atoms with Gasteiger partial charge in [0, 0.05) is 42.5 Å². The molecule has 1 saturated heterocycles. The van der Waals surface area contributed by atoms with Crippen LogP contribution in [0.1, 0.15) is 71.2 Å². The van der Waals surface area contributed by atoms with Crippen LogP contribution in [-0.2, 0) is 12.8 Å². The third-order valence-corrected chi connectivity index (χ3v) is 8.01. The first-order valence-corrected chi connectivity index (χ1v) is 12.8. The van der Waals surface area contributed by atoms with Crippen molar-refractivity contribution in [1.29, 1.82) is 0 Å². The molecule has 5 nitrogen and oxygen atoms in total. The molecule has 6 heteroatoms. The molecule has 0 saturated carbocycles. The molecule has 2 aliphatic rings. The van der Waals surface area contributed by atoms with E-state index in [4.69, 9.17) is 9.97 Å². The normalized spacial score (nSPS) is 17.0. The van der Waals surface area contributed by atoms with E-state index >= 15 is 0 Å². The number of aromatic nitrogens is 2. The van der Waals surface area contributed by atoms with Crippen LogP contribution in [0.3, 0.4) is 0 Å². The Balaban J connectivity index is 1.45. The minimum atomic E-state index is 0.142. The number of anilines is 1. The first kappa shape index (κ1) is 21.4. The summed E-state index contributed by atoms with van der Waals surface area (Å²) in [5.74, 6) is 2.47. The Morgan fingerprint density at radius 2 is 1.75 bits per heavy atom. The van der Waals surface area contributed by atoms with Crippen molar-refractivity contribution in [2.45, 2.75) is 58.8 Å². The van der Waals surface area contributed by atoms with Crippen molar-refractivity contribution in [3.05, 3.63) is 51.7 Å². The Kier molecular flexibility index (Phi) is 5.89. The van der Waals surface area contributed by atoms with E-state index in [1.165, 1.54) is 41.5 Å². The Labute approximate surface area is 194 Å². The van der Waals surface area contributed by atoms with Gasteiger partial charge >= 0.3 is 0 Å². The summed E-state index contributed by atoms with van der Waals surface area (Å²) in [7, 11) is 0.